The lowest BCUT2D eigenvalue weighted by Crippen LogP contribution is -1.93. The predicted octanol–water partition coefficient (Wildman–Crippen LogP) is 10.7. The van der Waals surface area contributed by atoms with E-state index in [2.05, 4.69) is 132 Å². The van der Waals surface area contributed by atoms with Gasteiger partial charge in [0.25, 0.3) is 0 Å². The minimum atomic E-state index is 0.902. The van der Waals surface area contributed by atoms with Gasteiger partial charge in [-0.25, -0.2) is 0 Å². The van der Waals surface area contributed by atoms with Crippen LogP contribution in [0, 0.1) is 0 Å². The van der Waals surface area contributed by atoms with Crippen molar-refractivity contribution < 1.29 is 4.42 Å². The average Bonchev–Trinajstić information content (AvgIpc) is 3.66. The summed E-state index contributed by atoms with van der Waals surface area (Å²) in [5.41, 5.74) is 7.64. The molecule has 3 heterocycles. The first-order valence-electron chi connectivity index (χ1n) is 13.2. The minimum absolute atomic E-state index is 0.902. The van der Waals surface area contributed by atoms with Gasteiger partial charge in [0, 0.05) is 59.0 Å². The van der Waals surface area contributed by atoms with E-state index in [-0.39, 0.29) is 0 Å². The Bertz CT molecular complexity index is 2350. The monoisotopic (exact) mass is 515 g/mol. The topological polar surface area (TPSA) is 18.1 Å². The summed E-state index contributed by atoms with van der Waals surface area (Å²) in [5, 5.41) is 7.42. The molecule has 0 radical (unpaired) electrons. The minimum Gasteiger partial charge on any atom is -0.455 e. The first-order chi connectivity index (χ1) is 19.3. The first-order valence-corrected chi connectivity index (χ1v) is 14.0. The van der Waals surface area contributed by atoms with Crippen molar-refractivity contribution in [2.24, 2.45) is 0 Å². The molecule has 0 saturated carbocycles. The smallest absolute Gasteiger partial charge is 0.143 e. The van der Waals surface area contributed by atoms with Gasteiger partial charge in [-0.1, -0.05) is 78.9 Å². The number of hydrogen-bond acceptors (Lipinski definition) is 2. The van der Waals surface area contributed by atoms with Crippen molar-refractivity contribution in [3.8, 4) is 16.8 Å². The maximum Gasteiger partial charge on any atom is 0.143 e. The number of fused-ring (bicyclic) bond motifs is 9. The van der Waals surface area contributed by atoms with Crippen molar-refractivity contribution in [3.05, 3.63) is 127 Å². The third-order valence-corrected chi connectivity index (χ3v) is 9.16. The molecule has 9 aromatic rings. The molecule has 0 amide bonds. The zero-order chi connectivity index (χ0) is 25.5. The van der Waals surface area contributed by atoms with Gasteiger partial charge in [-0.2, -0.15) is 0 Å². The van der Waals surface area contributed by atoms with Gasteiger partial charge < -0.3 is 8.98 Å². The van der Waals surface area contributed by atoms with Crippen molar-refractivity contribution in [3.63, 3.8) is 0 Å². The number of aromatic nitrogens is 1. The predicted molar refractivity (Wildman–Crippen MR) is 166 cm³/mol. The summed E-state index contributed by atoms with van der Waals surface area (Å²) < 4.78 is 11.6. The van der Waals surface area contributed by atoms with Gasteiger partial charge in [-0.15, -0.1) is 11.3 Å². The number of hydrogen-bond donors (Lipinski definition) is 0. The van der Waals surface area contributed by atoms with Crippen LogP contribution in [-0.4, -0.2) is 4.57 Å². The second-order valence-corrected chi connectivity index (χ2v) is 11.2. The summed E-state index contributed by atoms with van der Waals surface area (Å²) in [5.74, 6) is 0. The van der Waals surface area contributed by atoms with Crippen molar-refractivity contribution in [2.75, 3.05) is 0 Å². The Labute approximate surface area is 227 Å². The molecular formula is C36H21NOS. The fraction of sp³-hybridized carbons (Fsp3) is 0. The van der Waals surface area contributed by atoms with E-state index in [4.69, 9.17) is 4.42 Å². The van der Waals surface area contributed by atoms with Gasteiger partial charge in [0.15, 0.2) is 0 Å². The standard InChI is InChI=1S/C36H21NOS/c1-4-13-31-25(8-1)26-9-2-5-14-32(26)37(31)23-17-18-27-29-12-7-11-24(36(29)38-33(27)21-23)22-16-19-35-30(20-22)28-10-3-6-15-34(28)39-35/h1-21H. The van der Waals surface area contributed by atoms with Crippen molar-refractivity contribution in [1.82, 2.24) is 4.57 Å². The molecule has 0 atom stereocenters. The molecule has 0 aliphatic rings. The summed E-state index contributed by atoms with van der Waals surface area (Å²) in [4.78, 5) is 0. The van der Waals surface area contributed by atoms with Crippen molar-refractivity contribution in [1.29, 1.82) is 0 Å². The second-order valence-electron chi connectivity index (χ2n) is 10.1. The van der Waals surface area contributed by atoms with Crippen molar-refractivity contribution in [2.45, 2.75) is 0 Å². The lowest BCUT2D eigenvalue weighted by atomic mass is 10.0. The van der Waals surface area contributed by atoms with Crippen LogP contribution in [0.15, 0.2) is 132 Å². The van der Waals surface area contributed by atoms with Gasteiger partial charge in [0.2, 0.25) is 0 Å². The number of nitrogens with zero attached hydrogens (tertiary/aromatic N) is 1. The number of benzene rings is 6. The summed E-state index contributed by atoms with van der Waals surface area (Å²) in [6, 6.07) is 45.8. The molecule has 0 saturated heterocycles. The summed E-state index contributed by atoms with van der Waals surface area (Å²) in [6.07, 6.45) is 0. The lowest BCUT2D eigenvalue weighted by molar-refractivity contribution is 0.669. The number of para-hydroxylation sites is 3. The summed E-state index contributed by atoms with van der Waals surface area (Å²) in [7, 11) is 0. The molecule has 2 nitrogen and oxygen atoms in total. The molecule has 9 rings (SSSR count). The van der Waals surface area contributed by atoms with Crippen LogP contribution >= 0.6 is 11.3 Å². The molecule has 3 heteroatoms. The lowest BCUT2D eigenvalue weighted by Gasteiger charge is -2.07. The average molecular weight is 516 g/mol. The summed E-state index contributed by atoms with van der Waals surface area (Å²) in [6.45, 7) is 0. The van der Waals surface area contributed by atoms with E-state index in [0.717, 1.165) is 33.2 Å². The third kappa shape index (κ3) is 2.96. The Kier molecular flexibility index (Phi) is 4.24. The van der Waals surface area contributed by atoms with Crippen LogP contribution in [0.2, 0.25) is 0 Å². The highest BCUT2D eigenvalue weighted by atomic mass is 32.1. The molecular weight excluding hydrogens is 494 g/mol. The Hall–Kier alpha value is -4.86. The molecule has 39 heavy (non-hydrogen) atoms. The molecule has 0 aliphatic heterocycles. The van der Waals surface area contributed by atoms with E-state index < -0.39 is 0 Å². The molecule has 182 valence electrons. The Morgan fingerprint density at radius 1 is 0.487 bits per heavy atom. The molecule has 0 N–H and O–H groups in total. The second kappa shape index (κ2) is 7.83. The van der Waals surface area contributed by atoms with Crippen LogP contribution in [0.1, 0.15) is 0 Å². The molecule has 0 unspecified atom stereocenters. The number of rotatable bonds is 2. The van der Waals surface area contributed by atoms with Gasteiger partial charge in [0.05, 0.1) is 11.0 Å². The highest BCUT2D eigenvalue weighted by Crippen LogP contribution is 2.41. The van der Waals surface area contributed by atoms with Gasteiger partial charge in [-0.3, -0.25) is 0 Å². The van der Waals surface area contributed by atoms with E-state index in [0.29, 0.717) is 0 Å². The Morgan fingerprint density at radius 2 is 1.18 bits per heavy atom. The highest BCUT2D eigenvalue weighted by molar-refractivity contribution is 7.25. The SMILES string of the molecule is c1ccc2c(c1)sc1ccc(-c3cccc4c3oc3cc(-n5c6ccccc6c6ccccc65)ccc34)cc12. The molecule has 6 aromatic carbocycles. The third-order valence-electron chi connectivity index (χ3n) is 8.01. The Morgan fingerprint density at radius 3 is 2.00 bits per heavy atom. The van der Waals surface area contributed by atoms with Gasteiger partial charge >= 0.3 is 0 Å². The van der Waals surface area contributed by atoms with Crippen LogP contribution in [0.3, 0.4) is 0 Å². The molecule has 0 spiro atoms. The first kappa shape index (κ1) is 21.1. The quantitative estimate of drug-likeness (QED) is 0.224. The van der Waals surface area contributed by atoms with E-state index >= 15 is 0 Å². The van der Waals surface area contributed by atoms with Crippen LogP contribution in [0.25, 0.3) is 80.7 Å². The number of thiophene rings is 1. The highest BCUT2D eigenvalue weighted by Gasteiger charge is 2.16. The summed E-state index contributed by atoms with van der Waals surface area (Å²) >= 11 is 1.85. The van der Waals surface area contributed by atoms with Crippen LogP contribution < -0.4 is 0 Å². The maximum atomic E-state index is 6.67. The zero-order valence-electron chi connectivity index (χ0n) is 20.9. The molecule has 0 aliphatic carbocycles. The maximum absolute atomic E-state index is 6.67. The van der Waals surface area contributed by atoms with Crippen LogP contribution in [-0.2, 0) is 0 Å². The Balaban J connectivity index is 1.27. The molecule has 0 fully saturated rings. The molecule has 0 bridgehead atoms. The van der Waals surface area contributed by atoms with Crippen LogP contribution in [0.5, 0.6) is 0 Å². The van der Waals surface area contributed by atoms with Crippen LogP contribution in [0.4, 0.5) is 0 Å². The van der Waals surface area contributed by atoms with Gasteiger partial charge in [0.1, 0.15) is 11.2 Å². The number of furan rings is 1. The van der Waals surface area contributed by atoms with E-state index in [9.17, 15) is 0 Å². The van der Waals surface area contributed by atoms with E-state index in [1.54, 1.807) is 0 Å². The van der Waals surface area contributed by atoms with E-state index in [1.165, 1.54) is 47.5 Å². The fourth-order valence-corrected chi connectivity index (χ4v) is 7.33. The van der Waals surface area contributed by atoms with Gasteiger partial charge in [-0.05, 0) is 48.0 Å². The largest absolute Gasteiger partial charge is 0.455 e. The molecule has 3 aromatic heterocycles. The van der Waals surface area contributed by atoms with E-state index in [1.807, 2.05) is 11.3 Å². The fourth-order valence-electron chi connectivity index (χ4n) is 6.25. The normalized spacial score (nSPS) is 12.1. The zero-order valence-corrected chi connectivity index (χ0v) is 21.7. The van der Waals surface area contributed by atoms with Crippen molar-refractivity contribution >= 4 is 75.3 Å².